The molecule has 2 aliphatic rings. The molecule has 2 atom stereocenters. The molecule has 2 heterocycles. The summed E-state index contributed by atoms with van der Waals surface area (Å²) < 4.78 is 7.80. The maximum atomic E-state index is 6.11. The standard InChI is InChI=1S/C13H22N4O/c1-3-17-13(11(14)8(2)16-17)15-10-6-7-18-12(10)9-4-5-9/h9-10,12,15H,3-7,14H2,1-2H3. The van der Waals surface area contributed by atoms with Crippen LogP contribution in [0.2, 0.25) is 0 Å². The molecule has 100 valence electrons. The molecule has 3 rings (SSSR count). The molecule has 5 heteroatoms. The summed E-state index contributed by atoms with van der Waals surface area (Å²) in [6, 6.07) is 0.390. The number of nitrogens with one attached hydrogen (secondary N) is 1. The summed E-state index contributed by atoms with van der Waals surface area (Å²) in [5.41, 5.74) is 7.79. The van der Waals surface area contributed by atoms with Gasteiger partial charge in [0, 0.05) is 13.2 Å². The minimum absolute atomic E-state index is 0.366. The van der Waals surface area contributed by atoms with Crippen LogP contribution in [0.25, 0.3) is 0 Å². The fourth-order valence-corrected chi connectivity index (χ4v) is 2.81. The molecule has 18 heavy (non-hydrogen) atoms. The van der Waals surface area contributed by atoms with E-state index in [1.54, 1.807) is 0 Å². The molecule has 2 unspecified atom stereocenters. The summed E-state index contributed by atoms with van der Waals surface area (Å²) >= 11 is 0. The highest BCUT2D eigenvalue weighted by atomic mass is 16.5. The zero-order chi connectivity index (χ0) is 12.7. The van der Waals surface area contributed by atoms with E-state index in [2.05, 4.69) is 17.3 Å². The molecule has 1 aliphatic carbocycles. The molecule has 1 saturated carbocycles. The lowest BCUT2D eigenvalue weighted by molar-refractivity contribution is 0.0897. The lowest BCUT2D eigenvalue weighted by atomic mass is 10.1. The quantitative estimate of drug-likeness (QED) is 0.855. The van der Waals surface area contributed by atoms with Crippen LogP contribution in [0.5, 0.6) is 0 Å². The number of nitrogens with two attached hydrogens (primary N) is 1. The van der Waals surface area contributed by atoms with E-state index in [1.807, 2.05) is 11.6 Å². The first-order chi connectivity index (χ1) is 8.70. The molecule has 0 amide bonds. The van der Waals surface area contributed by atoms with Crippen LogP contribution in [-0.4, -0.2) is 28.5 Å². The number of ether oxygens (including phenoxy) is 1. The second-order valence-electron chi connectivity index (χ2n) is 5.38. The minimum Gasteiger partial charge on any atom is -0.394 e. The molecule has 1 aromatic rings. The Morgan fingerprint density at radius 1 is 1.44 bits per heavy atom. The number of nitrogens with zero attached hydrogens (tertiary/aromatic N) is 2. The molecular formula is C13H22N4O. The van der Waals surface area contributed by atoms with E-state index in [0.717, 1.165) is 42.7 Å². The van der Waals surface area contributed by atoms with E-state index in [9.17, 15) is 0 Å². The molecule has 0 aromatic carbocycles. The van der Waals surface area contributed by atoms with Crippen molar-refractivity contribution >= 4 is 11.5 Å². The lowest BCUT2D eigenvalue weighted by Crippen LogP contribution is -2.32. The zero-order valence-corrected chi connectivity index (χ0v) is 11.1. The van der Waals surface area contributed by atoms with E-state index in [1.165, 1.54) is 12.8 Å². The van der Waals surface area contributed by atoms with Gasteiger partial charge < -0.3 is 15.8 Å². The smallest absolute Gasteiger partial charge is 0.148 e. The molecule has 0 radical (unpaired) electrons. The molecule has 5 nitrogen and oxygen atoms in total. The Kier molecular flexibility index (Phi) is 2.93. The number of aromatic nitrogens is 2. The molecule has 1 aliphatic heterocycles. The highest BCUT2D eigenvalue weighted by molar-refractivity contribution is 5.65. The summed E-state index contributed by atoms with van der Waals surface area (Å²) in [6.07, 6.45) is 4.05. The SMILES string of the molecule is CCn1nc(C)c(N)c1NC1CCOC1C1CC1. The Bertz CT molecular complexity index is 438. The van der Waals surface area contributed by atoms with Crippen molar-refractivity contribution in [3.8, 4) is 0 Å². The van der Waals surface area contributed by atoms with Gasteiger partial charge in [0.1, 0.15) is 5.82 Å². The first-order valence-electron chi connectivity index (χ1n) is 6.91. The zero-order valence-electron chi connectivity index (χ0n) is 11.1. The predicted molar refractivity (Wildman–Crippen MR) is 71.5 cm³/mol. The van der Waals surface area contributed by atoms with Crippen molar-refractivity contribution in [2.75, 3.05) is 17.7 Å². The number of nitrogen functional groups attached to an aromatic ring is 1. The second kappa shape index (κ2) is 4.46. The van der Waals surface area contributed by atoms with Gasteiger partial charge in [-0.1, -0.05) is 0 Å². The van der Waals surface area contributed by atoms with Gasteiger partial charge in [-0.3, -0.25) is 0 Å². The number of anilines is 2. The Hall–Kier alpha value is -1.23. The molecule has 0 spiro atoms. The summed E-state index contributed by atoms with van der Waals surface area (Å²) in [6.45, 7) is 5.73. The summed E-state index contributed by atoms with van der Waals surface area (Å²) in [4.78, 5) is 0. The predicted octanol–water partition coefficient (Wildman–Crippen LogP) is 1.77. The topological polar surface area (TPSA) is 65.1 Å². The number of rotatable bonds is 4. The van der Waals surface area contributed by atoms with E-state index in [0.29, 0.717) is 12.1 Å². The number of hydrogen-bond donors (Lipinski definition) is 2. The van der Waals surface area contributed by atoms with E-state index in [4.69, 9.17) is 10.5 Å². The molecular weight excluding hydrogens is 228 g/mol. The van der Waals surface area contributed by atoms with Crippen LogP contribution >= 0.6 is 0 Å². The first-order valence-corrected chi connectivity index (χ1v) is 6.91. The van der Waals surface area contributed by atoms with Crippen molar-refractivity contribution in [3.05, 3.63) is 5.69 Å². The summed E-state index contributed by atoms with van der Waals surface area (Å²) in [5, 5.41) is 8.02. The van der Waals surface area contributed by atoms with Crippen LogP contribution in [0.15, 0.2) is 0 Å². The first kappa shape index (κ1) is 11.8. The minimum atomic E-state index is 0.366. The van der Waals surface area contributed by atoms with Crippen LogP contribution in [0.4, 0.5) is 11.5 Å². The van der Waals surface area contributed by atoms with Gasteiger partial charge in [-0.2, -0.15) is 5.10 Å². The van der Waals surface area contributed by atoms with Crippen molar-refractivity contribution in [1.29, 1.82) is 0 Å². The van der Waals surface area contributed by atoms with E-state index < -0.39 is 0 Å². The van der Waals surface area contributed by atoms with Crippen molar-refractivity contribution in [3.63, 3.8) is 0 Å². The van der Waals surface area contributed by atoms with Gasteiger partial charge in [0.05, 0.1) is 23.5 Å². The van der Waals surface area contributed by atoms with Crippen LogP contribution in [0.3, 0.4) is 0 Å². The van der Waals surface area contributed by atoms with E-state index in [-0.39, 0.29) is 0 Å². The monoisotopic (exact) mass is 250 g/mol. The van der Waals surface area contributed by atoms with Gasteiger partial charge in [0.2, 0.25) is 0 Å². The van der Waals surface area contributed by atoms with Crippen LogP contribution in [-0.2, 0) is 11.3 Å². The van der Waals surface area contributed by atoms with Crippen LogP contribution in [0.1, 0.15) is 31.9 Å². The van der Waals surface area contributed by atoms with Gasteiger partial charge in [0.15, 0.2) is 0 Å². The maximum absolute atomic E-state index is 6.11. The second-order valence-corrected chi connectivity index (χ2v) is 5.38. The molecule has 2 fully saturated rings. The van der Waals surface area contributed by atoms with Gasteiger partial charge in [-0.15, -0.1) is 0 Å². The fraction of sp³-hybridized carbons (Fsp3) is 0.769. The van der Waals surface area contributed by atoms with Crippen LogP contribution in [0, 0.1) is 12.8 Å². The Morgan fingerprint density at radius 2 is 2.22 bits per heavy atom. The average Bonchev–Trinajstić information content (AvgIpc) is 3.05. The van der Waals surface area contributed by atoms with Gasteiger partial charge >= 0.3 is 0 Å². The normalized spacial score (nSPS) is 27.7. The third-order valence-corrected chi connectivity index (χ3v) is 4.02. The summed E-state index contributed by atoms with van der Waals surface area (Å²) in [7, 11) is 0. The third-order valence-electron chi connectivity index (χ3n) is 4.02. The Morgan fingerprint density at radius 3 is 2.89 bits per heavy atom. The van der Waals surface area contributed by atoms with Crippen molar-refractivity contribution < 1.29 is 4.74 Å². The third kappa shape index (κ3) is 1.96. The average molecular weight is 250 g/mol. The number of hydrogen-bond acceptors (Lipinski definition) is 4. The highest BCUT2D eigenvalue weighted by Crippen LogP contribution is 2.40. The molecule has 1 aromatic heterocycles. The Balaban J connectivity index is 1.79. The lowest BCUT2D eigenvalue weighted by Gasteiger charge is -2.21. The van der Waals surface area contributed by atoms with Crippen molar-refractivity contribution in [2.45, 2.75) is 51.8 Å². The fourth-order valence-electron chi connectivity index (χ4n) is 2.81. The maximum Gasteiger partial charge on any atom is 0.148 e. The largest absolute Gasteiger partial charge is 0.394 e. The number of aryl methyl sites for hydroxylation is 2. The van der Waals surface area contributed by atoms with E-state index >= 15 is 0 Å². The van der Waals surface area contributed by atoms with Crippen molar-refractivity contribution in [1.82, 2.24) is 9.78 Å². The molecule has 3 N–H and O–H groups in total. The summed E-state index contributed by atoms with van der Waals surface area (Å²) in [5.74, 6) is 1.72. The molecule has 1 saturated heterocycles. The Labute approximate surface area is 108 Å². The highest BCUT2D eigenvalue weighted by Gasteiger charge is 2.41. The molecule has 0 bridgehead atoms. The van der Waals surface area contributed by atoms with Gasteiger partial charge in [-0.05, 0) is 39.0 Å². The van der Waals surface area contributed by atoms with Crippen LogP contribution < -0.4 is 11.1 Å². The van der Waals surface area contributed by atoms with Gasteiger partial charge in [-0.25, -0.2) is 4.68 Å². The van der Waals surface area contributed by atoms with Gasteiger partial charge in [0.25, 0.3) is 0 Å². The van der Waals surface area contributed by atoms with Crippen molar-refractivity contribution in [2.24, 2.45) is 5.92 Å².